The Morgan fingerprint density at radius 1 is 1.64 bits per heavy atom. The van der Waals surface area contributed by atoms with E-state index in [1.165, 1.54) is 0 Å². The van der Waals surface area contributed by atoms with Crippen molar-refractivity contribution < 1.29 is 5.11 Å². The summed E-state index contributed by atoms with van der Waals surface area (Å²) in [6.45, 7) is 0. The van der Waals surface area contributed by atoms with E-state index in [0.29, 0.717) is 11.4 Å². The zero-order chi connectivity index (χ0) is 10.1. The van der Waals surface area contributed by atoms with Crippen LogP contribution in [0.4, 0.5) is 5.82 Å². The van der Waals surface area contributed by atoms with Gasteiger partial charge in [0.1, 0.15) is 11.9 Å². The van der Waals surface area contributed by atoms with Crippen LogP contribution in [-0.4, -0.2) is 14.9 Å². The number of aliphatic hydroxyl groups excluding tert-OH is 1. The summed E-state index contributed by atoms with van der Waals surface area (Å²) in [5, 5.41) is 17.8. The van der Waals surface area contributed by atoms with Crippen LogP contribution in [0.25, 0.3) is 0 Å². The Morgan fingerprint density at radius 3 is 2.93 bits per heavy atom. The van der Waals surface area contributed by atoms with Crippen LogP contribution in [-0.2, 0) is 7.05 Å². The number of nitrogens with two attached hydrogens (primary N) is 1. The van der Waals surface area contributed by atoms with E-state index < -0.39 is 6.10 Å². The first-order valence-corrected chi connectivity index (χ1v) is 5.12. The molecule has 2 rings (SSSR count). The van der Waals surface area contributed by atoms with Crippen molar-refractivity contribution in [1.82, 2.24) is 9.78 Å². The molecule has 0 spiro atoms. The van der Waals surface area contributed by atoms with E-state index in [4.69, 9.17) is 5.73 Å². The third kappa shape index (κ3) is 1.40. The molecule has 2 aromatic heterocycles. The highest BCUT2D eigenvalue weighted by molar-refractivity contribution is 7.07. The van der Waals surface area contributed by atoms with Crippen LogP contribution in [0.1, 0.15) is 17.2 Å². The predicted molar refractivity (Wildman–Crippen MR) is 56.0 cm³/mol. The van der Waals surface area contributed by atoms with Crippen molar-refractivity contribution in [1.29, 1.82) is 0 Å². The lowest BCUT2D eigenvalue weighted by molar-refractivity contribution is 0.221. The second kappa shape index (κ2) is 3.43. The van der Waals surface area contributed by atoms with Gasteiger partial charge in [-0.2, -0.15) is 16.4 Å². The zero-order valence-corrected chi connectivity index (χ0v) is 8.53. The fraction of sp³-hybridized carbons (Fsp3) is 0.222. The maximum Gasteiger partial charge on any atom is 0.127 e. The normalized spacial score (nSPS) is 13.0. The highest BCUT2D eigenvalue weighted by atomic mass is 32.1. The molecule has 1 atom stereocenters. The average molecular weight is 209 g/mol. The topological polar surface area (TPSA) is 64.1 Å². The molecule has 0 bridgehead atoms. The van der Waals surface area contributed by atoms with Crippen molar-refractivity contribution in [2.75, 3.05) is 5.73 Å². The summed E-state index contributed by atoms with van der Waals surface area (Å²) in [7, 11) is 1.75. The smallest absolute Gasteiger partial charge is 0.127 e. The van der Waals surface area contributed by atoms with E-state index in [0.717, 1.165) is 5.56 Å². The van der Waals surface area contributed by atoms with Crippen LogP contribution < -0.4 is 5.73 Å². The molecule has 14 heavy (non-hydrogen) atoms. The van der Waals surface area contributed by atoms with Crippen LogP contribution in [0, 0.1) is 0 Å². The highest BCUT2D eigenvalue weighted by Crippen LogP contribution is 2.27. The molecule has 1 unspecified atom stereocenters. The maximum absolute atomic E-state index is 9.95. The monoisotopic (exact) mass is 209 g/mol. The molecule has 0 radical (unpaired) electrons. The molecule has 0 aliphatic carbocycles. The van der Waals surface area contributed by atoms with Crippen LogP contribution in [0.5, 0.6) is 0 Å². The third-order valence-corrected chi connectivity index (χ3v) is 2.87. The number of thiophene rings is 1. The minimum atomic E-state index is -0.671. The van der Waals surface area contributed by atoms with E-state index in [1.807, 2.05) is 16.8 Å². The first-order chi connectivity index (χ1) is 6.70. The first-order valence-electron chi connectivity index (χ1n) is 4.17. The van der Waals surface area contributed by atoms with Gasteiger partial charge in [-0.1, -0.05) is 0 Å². The number of nitrogen functional groups attached to an aromatic ring is 1. The standard InChI is InChI=1S/C9H11N3OS/c1-12-9(10)7(4-11-12)8(13)6-2-3-14-5-6/h2-5,8,13H,10H2,1H3. The Balaban J connectivity index is 2.36. The molecule has 74 valence electrons. The number of hydrogen-bond donors (Lipinski definition) is 2. The van der Waals surface area contributed by atoms with Crippen LogP contribution in [0.2, 0.25) is 0 Å². The SMILES string of the molecule is Cn1ncc(C(O)c2ccsc2)c1N. The fourth-order valence-corrected chi connectivity index (χ4v) is 1.96. The Hall–Kier alpha value is -1.33. The minimum absolute atomic E-state index is 0.503. The number of hydrogen-bond acceptors (Lipinski definition) is 4. The van der Waals surface area contributed by atoms with E-state index in [-0.39, 0.29) is 0 Å². The zero-order valence-electron chi connectivity index (χ0n) is 7.71. The quantitative estimate of drug-likeness (QED) is 0.779. The van der Waals surface area contributed by atoms with Crippen molar-refractivity contribution in [3.63, 3.8) is 0 Å². The summed E-state index contributed by atoms with van der Waals surface area (Å²) >= 11 is 1.55. The third-order valence-electron chi connectivity index (χ3n) is 2.17. The van der Waals surface area contributed by atoms with Gasteiger partial charge in [-0.3, -0.25) is 4.68 Å². The number of aryl methyl sites for hydroxylation is 1. The fourth-order valence-electron chi connectivity index (χ4n) is 1.28. The summed E-state index contributed by atoms with van der Waals surface area (Å²) in [4.78, 5) is 0. The molecule has 0 amide bonds. The molecule has 3 N–H and O–H groups in total. The van der Waals surface area contributed by atoms with Gasteiger partial charge in [0.25, 0.3) is 0 Å². The van der Waals surface area contributed by atoms with Crippen molar-refractivity contribution in [2.24, 2.45) is 7.05 Å². The molecule has 0 aromatic carbocycles. The molecule has 0 aliphatic rings. The molecule has 2 heterocycles. The van der Waals surface area contributed by atoms with Crippen molar-refractivity contribution >= 4 is 17.2 Å². The van der Waals surface area contributed by atoms with Gasteiger partial charge in [0.2, 0.25) is 0 Å². The molecule has 0 saturated heterocycles. The first kappa shape index (κ1) is 9.23. The minimum Gasteiger partial charge on any atom is -0.384 e. The van der Waals surface area contributed by atoms with Gasteiger partial charge >= 0.3 is 0 Å². The molecule has 0 aliphatic heterocycles. The largest absolute Gasteiger partial charge is 0.384 e. The second-order valence-electron chi connectivity index (χ2n) is 3.07. The summed E-state index contributed by atoms with van der Waals surface area (Å²) in [5.74, 6) is 0.503. The lowest BCUT2D eigenvalue weighted by Gasteiger charge is -2.07. The Labute approximate surface area is 85.6 Å². The summed E-state index contributed by atoms with van der Waals surface area (Å²) in [6.07, 6.45) is 0.924. The molecular weight excluding hydrogens is 198 g/mol. The van der Waals surface area contributed by atoms with Gasteiger partial charge in [0.15, 0.2) is 0 Å². The summed E-state index contributed by atoms with van der Waals surface area (Å²) in [5.41, 5.74) is 7.27. The molecule has 4 nitrogen and oxygen atoms in total. The highest BCUT2D eigenvalue weighted by Gasteiger charge is 2.16. The molecule has 0 saturated carbocycles. The summed E-state index contributed by atoms with van der Waals surface area (Å²) < 4.78 is 1.55. The predicted octanol–water partition coefficient (Wildman–Crippen LogP) is 1.15. The van der Waals surface area contributed by atoms with Crippen LogP contribution in [0.3, 0.4) is 0 Å². The second-order valence-corrected chi connectivity index (χ2v) is 3.85. The van der Waals surface area contributed by atoms with E-state index >= 15 is 0 Å². The van der Waals surface area contributed by atoms with Gasteiger partial charge in [0.05, 0.1) is 6.20 Å². The number of anilines is 1. The van der Waals surface area contributed by atoms with E-state index in [9.17, 15) is 5.11 Å². The number of aromatic nitrogens is 2. The molecule has 0 fully saturated rings. The van der Waals surface area contributed by atoms with Gasteiger partial charge < -0.3 is 10.8 Å². The lowest BCUT2D eigenvalue weighted by atomic mass is 10.1. The molecule has 5 heteroatoms. The molecular formula is C9H11N3OS. The Bertz CT molecular complexity index is 421. The van der Waals surface area contributed by atoms with Gasteiger partial charge in [-0.05, 0) is 22.4 Å². The van der Waals surface area contributed by atoms with Crippen molar-refractivity contribution in [2.45, 2.75) is 6.10 Å². The van der Waals surface area contributed by atoms with Gasteiger partial charge in [0, 0.05) is 12.6 Å². The van der Waals surface area contributed by atoms with Crippen molar-refractivity contribution in [3.8, 4) is 0 Å². The van der Waals surface area contributed by atoms with Crippen LogP contribution in [0.15, 0.2) is 23.0 Å². The van der Waals surface area contributed by atoms with E-state index in [2.05, 4.69) is 5.10 Å². The van der Waals surface area contributed by atoms with E-state index in [1.54, 1.807) is 29.3 Å². The van der Waals surface area contributed by atoms with Gasteiger partial charge in [-0.25, -0.2) is 0 Å². The van der Waals surface area contributed by atoms with Crippen LogP contribution >= 0.6 is 11.3 Å². The Morgan fingerprint density at radius 2 is 2.43 bits per heavy atom. The number of aliphatic hydroxyl groups is 1. The number of nitrogens with zero attached hydrogens (tertiary/aromatic N) is 2. The maximum atomic E-state index is 9.95. The summed E-state index contributed by atoms with van der Waals surface area (Å²) in [6, 6.07) is 1.88. The Kier molecular flexibility index (Phi) is 2.26. The lowest BCUT2D eigenvalue weighted by Crippen LogP contribution is -2.03. The van der Waals surface area contributed by atoms with Crippen molar-refractivity contribution in [3.05, 3.63) is 34.2 Å². The molecule has 2 aromatic rings. The average Bonchev–Trinajstić information content (AvgIpc) is 2.77. The number of rotatable bonds is 2. The van der Waals surface area contributed by atoms with Gasteiger partial charge in [-0.15, -0.1) is 0 Å².